The third-order valence-electron chi connectivity index (χ3n) is 4.72. The van der Waals surface area contributed by atoms with Gasteiger partial charge in [-0.3, -0.25) is 4.90 Å². The van der Waals surface area contributed by atoms with Gasteiger partial charge in [0, 0.05) is 37.1 Å². The number of aromatic nitrogens is 1. The second-order valence-electron chi connectivity index (χ2n) is 5.97. The smallest absolute Gasteiger partial charge is 0.0926 e. The van der Waals surface area contributed by atoms with Crippen molar-refractivity contribution >= 4 is 11.3 Å². The van der Waals surface area contributed by atoms with Crippen LogP contribution in [-0.2, 0) is 13.0 Å². The highest BCUT2D eigenvalue weighted by molar-refractivity contribution is 7.09. The van der Waals surface area contributed by atoms with Gasteiger partial charge in [0.25, 0.3) is 0 Å². The lowest BCUT2D eigenvalue weighted by Crippen LogP contribution is -2.61. The van der Waals surface area contributed by atoms with Gasteiger partial charge < -0.3 is 5.32 Å². The fourth-order valence-corrected chi connectivity index (χ4v) is 4.35. The lowest BCUT2D eigenvalue weighted by atomic mass is 9.79. The number of nitrogens with one attached hydrogen (secondary N) is 1. The van der Waals surface area contributed by atoms with Gasteiger partial charge in [0.2, 0.25) is 0 Å². The van der Waals surface area contributed by atoms with Gasteiger partial charge >= 0.3 is 0 Å². The van der Waals surface area contributed by atoms with Crippen molar-refractivity contribution < 1.29 is 0 Å². The number of rotatable bonds is 3. The molecule has 2 fully saturated rings. The van der Waals surface area contributed by atoms with Crippen LogP contribution in [0.5, 0.6) is 0 Å². The fourth-order valence-electron chi connectivity index (χ4n) is 3.61. The highest BCUT2D eigenvalue weighted by Gasteiger charge is 2.39. The Morgan fingerprint density at radius 1 is 1.37 bits per heavy atom. The minimum atomic E-state index is 0.423. The van der Waals surface area contributed by atoms with Crippen LogP contribution >= 0.6 is 11.3 Å². The van der Waals surface area contributed by atoms with Gasteiger partial charge in [-0.15, -0.1) is 11.3 Å². The maximum Gasteiger partial charge on any atom is 0.0926 e. The number of piperazine rings is 1. The second kappa shape index (κ2) is 5.90. The zero-order chi connectivity index (χ0) is 13.1. The van der Waals surface area contributed by atoms with Crippen LogP contribution in [-0.4, -0.2) is 35.1 Å². The first-order valence-electron chi connectivity index (χ1n) is 7.71. The summed E-state index contributed by atoms with van der Waals surface area (Å²) < 4.78 is 0. The lowest BCUT2D eigenvalue weighted by molar-refractivity contribution is 0.0200. The third kappa shape index (κ3) is 2.86. The maximum atomic E-state index is 4.76. The lowest BCUT2D eigenvalue weighted by Gasteiger charge is -2.49. The molecule has 1 aromatic heterocycles. The van der Waals surface area contributed by atoms with Crippen LogP contribution in [0.2, 0.25) is 0 Å². The summed E-state index contributed by atoms with van der Waals surface area (Å²) in [7, 11) is 0. The topological polar surface area (TPSA) is 28.2 Å². The molecule has 1 N–H and O–H groups in total. The van der Waals surface area contributed by atoms with E-state index in [0.717, 1.165) is 19.5 Å². The molecule has 1 spiro atoms. The monoisotopic (exact) mass is 279 g/mol. The molecule has 4 heteroatoms. The molecule has 1 aliphatic carbocycles. The van der Waals surface area contributed by atoms with Crippen LogP contribution in [0.25, 0.3) is 0 Å². The van der Waals surface area contributed by atoms with Gasteiger partial charge in [0.05, 0.1) is 10.7 Å². The van der Waals surface area contributed by atoms with Crippen molar-refractivity contribution in [1.82, 2.24) is 15.2 Å². The summed E-state index contributed by atoms with van der Waals surface area (Å²) in [5.74, 6) is 0. The summed E-state index contributed by atoms with van der Waals surface area (Å²) in [6.45, 7) is 6.73. The number of hydrogen-bond acceptors (Lipinski definition) is 4. The van der Waals surface area contributed by atoms with Gasteiger partial charge in [0.1, 0.15) is 0 Å². The van der Waals surface area contributed by atoms with E-state index in [9.17, 15) is 0 Å². The SMILES string of the molecule is CCc1nc(CN2CCNCC23CCCCC3)cs1. The van der Waals surface area contributed by atoms with E-state index in [-0.39, 0.29) is 0 Å². The molecule has 0 amide bonds. The maximum absolute atomic E-state index is 4.76. The molecule has 2 heterocycles. The minimum absolute atomic E-state index is 0.423. The zero-order valence-corrected chi connectivity index (χ0v) is 12.8. The zero-order valence-electron chi connectivity index (χ0n) is 12.0. The summed E-state index contributed by atoms with van der Waals surface area (Å²) in [5, 5.41) is 7.16. The largest absolute Gasteiger partial charge is 0.314 e. The van der Waals surface area contributed by atoms with Crippen molar-refractivity contribution in [3.05, 3.63) is 16.1 Å². The summed E-state index contributed by atoms with van der Waals surface area (Å²) in [6.07, 6.45) is 8.02. The predicted octanol–water partition coefficient (Wildman–Crippen LogP) is 2.81. The fraction of sp³-hybridized carbons (Fsp3) is 0.800. The Bertz CT molecular complexity index is 401. The van der Waals surface area contributed by atoms with Crippen molar-refractivity contribution in [2.24, 2.45) is 0 Å². The normalized spacial score (nSPS) is 23.8. The number of aryl methyl sites for hydroxylation is 1. The molecule has 1 saturated heterocycles. The molecule has 1 aliphatic heterocycles. The molecule has 1 aromatic rings. The van der Waals surface area contributed by atoms with Gasteiger partial charge in [-0.1, -0.05) is 26.2 Å². The minimum Gasteiger partial charge on any atom is -0.314 e. The molecule has 19 heavy (non-hydrogen) atoms. The van der Waals surface area contributed by atoms with E-state index in [4.69, 9.17) is 4.98 Å². The Morgan fingerprint density at radius 2 is 2.21 bits per heavy atom. The quantitative estimate of drug-likeness (QED) is 0.922. The van der Waals surface area contributed by atoms with Crippen LogP contribution in [0.4, 0.5) is 0 Å². The highest BCUT2D eigenvalue weighted by Crippen LogP contribution is 2.35. The van der Waals surface area contributed by atoms with Gasteiger partial charge in [-0.2, -0.15) is 0 Å². The molecule has 1 saturated carbocycles. The molecular formula is C15H25N3S. The molecule has 0 bridgehead atoms. The van der Waals surface area contributed by atoms with Crippen LogP contribution in [0.15, 0.2) is 5.38 Å². The third-order valence-corrected chi connectivity index (χ3v) is 5.76. The first kappa shape index (κ1) is 13.5. The average molecular weight is 279 g/mol. The van der Waals surface area contributed by atoms with Gasteiger partial charge in [-0.25, -0.2) is 4.98 Å². The molecular weight excluding hydrogens is 254 g/mol. The van der Waals surface area contributed by atoms with Crippen LogP contribution < -0.4 is 5.32 Å². The van der Waals surface area contributed by atoms with E-state index in [0.29, 0.717) is 5.54 Å². The van der Waals surface area contributed by atoms with Crippen molar-refractivity contribution in [1.29, 1.82) is 0 Å². The second-order valence-corrected chi connectivity index (χ2v) is 6.91. The van der Waals surface area contributed by atoms with Crippen LogP contribution in [0.3, 0.4) is 0 Å². The number of nitrogens with zero attached hydrogens (tertiary/aromatic N) is 2. The van der Waals surface area contributed by atoms with E-state index in [1.807, 2.05) is 11.3 Å². The average Bonchev–Trinajstić information content (AvgIpc) is 2.90. The van der Waals surface area contributed by atoms with Crippen molar-refractivity contribution in [3.8, 4) is 0 Å². The summed E-state index contributed by atoms with van der Waals surface area (Å²) in [6, 6.07) is 0. The predicted molar refractivity (Wildman–Crippen MR) is 80.6 cm³/mol. The molecule has 106 valence electrons. The van der Waals surface area contributed by atoms with E-state index in [1.165, 1.54) is 55.9 Å². The molecule has 0 atom stereocenters. The van der Waals surface area contributed by atoms with E-state index in [2.05, 4.69) is 22.5 Å². The molecule has 0 unspecified atom stereocenters. The van der Waals surface area contributed by atoms with Crippen LogP contribution in [0, 0.1) is 0 Å². The molecule has 3 nitrogen and oxygen atoms in total. The molecule has 0 radical (unpaired) electrons. The van der Waals surface area contributed by atoms with Crippen molar-refractivity contribution in [2.45, 2.75) is 57.5 Å². The Morgan fingerprint density at radius 3 is 2.95 bits per heavy atom. The number of hydrogen-bond donors (Lipinski definition) is 1. The molecule has 3 rings (SSSR count). The van der Waals surface area contributed by atoms with E-state index < -0.39 is 0 Å². The van der Waals surface area contributed by atoms with Crippen molar-refractivity contribution in [3.63, 3.8) is 0 Å². The first-order chi connectivity index (χ1) is 9.32. The highest BCUT2D eigenvalue weighted by atomic mass is 32.1. The standard InChI is InChI=1S/C15H25N3S/c1-2-14-17-13(11-19-14)10-18-9-8-16-12-15(18)6-4-3-5-7-15/h11,16H,2-10,12H2,1H3. The van der Waals surface area contributed by atoms with Gasteiger partial charge in [-0.05, 0) is 19.3 Å². The Labute approximate surface area is 120 Å². The summed E-state index contributed by atoms with van der Waals surface area (Å²) in [5.41, 5.74) is 1.71. The summed E-state index contributed by atoms with van der Waals surface area (Å²) >= 11 is 1.82. The van der Waals surface area contributed by atoms with Gasteiger partial charge in [0.15, 0.2) is 0 Å². The molecule has 0 aromatic carbocycles. The summed E-state index contributed by atoms with van der Waals surface area (Å²) in [4.78, 5) is 7.48. The van der Waals surface area contributed by atoms with Crippen molar-refractivity contribution in [2.75, 3.05) is 19.6 Å². The Kier molecular flexibility index (Phi) is 4.20. The van der Waals surface area contributed by atoms with E-state index in [1.54, 1.807) is 0 Å². The first-order valence-corrected chi connectivity index (χ1v) is 8.59. The van der Waals surface area contributed by atoms with E-state index >= 15 is 0 Å². The number of thiazole rings is 1. The van der Waals surface area contributed by atoms with Crippen LogP contribution in [0.1, 0.15) is 49.7 Å². The Hall–Kier alpha value is -0.450. The molecule has 2 aliphatic rings. The Balaban J connectivity index is 1.73.